The highest BCUT2D eigenvalue weighted by molar-refractivity contribution is 7.21. The molecule has 3 rings (SSSR count). The van der Waals surface area contributed by atoms with Gasteiger partial charge >= 0.3 is 0 Å². The normalized spacial score (nSPS) is 11.4. The number of hydrogen-bond acceptors (Lipinski definition) is 5. The van der Waals surface area contributed by atoms with Crippen molar-refractivity contribution in [1.29, 1.82) is 0 Å². The lowest BCUT2D eigenvalue weighted by Crippen LogP contribution is -2.10. The van der Waals surface area contributed by atoms with Crippen LogP contribution in [0, 0.1) is 13.8 Å². The fraction of sp³-hybridized carbons (Fsp3) is 0.182. The Labute approximate surface area is 106 Å². The Morgan fingerprint density at radius 1 is 1.44 bits per heavy atom. The van der Waals surface area contributed by atoms with Gasteiger partial charge in [-0.2, -0.15) is 5.10 Å². The molecule has 0 aliphatic rings. The minimum Gasteiger partial charge on any atom is -0.397 e. The van der Waals surface area contributed by atoms with Crippen LogP contribution in [0.15, 0.2) is 6.07 Å². The SMILES string of the molecule is Cc1nc2cc(C)c3c(N)c(C(N)=O)sc3n2n1. The van der Waals surface area contributed by atoms with E-state index in [0.717, 1.165) is 21.4 Å². The fourth-order valence-corrected chi connectivity index (χ4v) is 3.18. The zero-order chi connectivity index (χ0) is 13.0. The quantitative estimate of drug-likeness (QED) is 0.688. The second kappa shape index (κ2) is 3.42. The lowest BCUT2D eigenvalue weighted by Gasteiger charge is -1.99. The third-order valence-corrected chi connectivity index (χ3v) is 4.02. The van der Waals surface area contributed by atoms with Crippen molar-refractivity contribution in [2.24, 2.45) is 5.73 Å². The molecule has 7 heteroatoms. The predicted octanol–water partition coefficient (Wildman–Crippen LogP) is 1.24. The number of nitrogens with zero attached hydrogens (tertiary/aromatic N) is 3. The third kappa shape index (κ3) is 1.31. The first kappa shape index (κ1) is 11.0. The third-order valence-electron chi connectivity index (χ3n) is 2.82. The van der Waals surface area contributed by atoms with Gasteiger partial charge in [0.05, 0.1) is 5.69 Å². The van der Waals surface area contributed by atoms with Crippen LogP contribution in [-0.4, -0.2) is 20.5 Å². The Morgan fingerprint density at radius 2 is 2.17 bits per heavy atom. The van der Waals surface area contributed by atoms with E-state index in [-0.39, 0.29) is 0 Å². The lowest BCUT2D eigenvalue weighted by atomic mass is 10.1. The molecule has 0 radical (unpaired) electrons. The Hall–Kier alpha value is -2.15. The summed E-state index contributed by atoms with van der Waals surface area (Å²) in [6, 6.07) is 1.90. The summed E-state index contributed by atoms with van der Waals surface area (Å²) in [5.74, 6) is 0.160. The number of pyridine rings is 1. The highest BCUT2D eigenvalue weighted by Crippen LogP contribution is 2.35. The molecule has 3 heterocycles. The first-order chi connectivity index (χ1) is 8.49. The van der Waals surface area contributed by atoms with Gasteiger partial charge in [0.1, 0.15) is 15.5 Å². The molecule has 3 aromatic heterocycles. The molecule has 0 aromatic carbocycles. The van der Waals surface area contributed by atoms with Gasteiger partial charge < -0.3 is 11.5 Å². The molecule has 0 fully saturated rings. The van der Waals surface area contributed by atoms with Crippen LogP contribution < -0.4 is 11.5 Å². The minimum atomic E-state index is -0.516. The number of fused-ring (bicyclic) bond motifs is 3. The van der Waals surface area contributed by atoms with Crippen LogP contribution in [0.4, 0.5) is 5.69 Å². The zero-order valence-corrected chi connectivity index (χ0v) is 10.7. The topological polar surface area (TPSA) is 99.3 Å². The van der Waals surface area contributed by atoms with Gasteiger partial charge in [-0.1, -0.05) is 0 Å². The summed E-state index contributed by atoms with van der Waals surface area (Å²) < 4.78 is 1.70. The van der Waals surface area contributed by atoms with Gasteiger partial charge in [-0.3, -0.25) is 4.79 Å². The maximum absolute atomic E-state index is 11.4. The number of anilines is 1. The van der Waals surface area contributed by atoms with E-state index < -0.39 is 5.91 Å². The van der Waals surface area contributed by atoms with Crippen molar-refractivity contribution >= 4 is 38.8 Å². The van der Waals surface area contributed by atoms with Crippen molar-refractivity contribution in [3.63, 3.8) is 0 Å². The molecule has 6 nitrogen and oxygen atoms in total. The first-order valence-corrected chi connectivity index (χ1v) is 6.15. The molecule has 0 saturated carbocycles. The summed E-state index contributed by atoms with van der Waals surface area (Å²) in [7, 11) is 0. The molecule has 0 spiro atoms. The van der Waals surface area contributed by atoms with Crippen LogP contribution >= 0.6 is 11.3 Å². The van der Waals surface area contributed by atoms with Gasteiger partial charge in [0.25, 0.3) is 5.91 Å². The fourth-order valence-electron chi connectivity index (χ4n) is 2.08. The molecular formula is C11H11N5OS. The lowest BCUT2D eigenvalue weighted by molar-refractivity contribution is 0.100. The number of nitrogens with two attached hydrogens (primary N) is 2. The van der Waals surface area contributed by atoms with Crippen molar-refractivity contribution in [2.45, 2.75) is 13.8 Å². The van der Waals surface area contributed by atoms with Crippen LogP contribution in [0.2, 0.25) is 0 Å². The Morgan fingerprint density at radius 3 is 2.83 bits per heavy atom. The molecule has 0 atom stereocenters. The van der Waals surface area contributed by atoms with E-state index >= 15 is 0 Å². The highest BCUT2D eigenvalue weighted by atomic mass is 32.1. The second-order valence-electron chi connectivity index (χ2n) is 4.15. The average Bonchev–Trinajstić information content (AvgIpc) is 2.79. The summed E-state index contributed by atoms with van der Waals surface area (Å²) in [5, 5.41) is 5.13. The first-order valence-electron chi connectivity index (χ1n) is 5.34. The second-order valence-corrected chi connectivity index (χ2v) is 5.14. The number of aryl methyl sites for hydroxylation is 2. The average molecular weight is 261 g/mol. The number of amides is 1. The van der Waals surface area contributed by atoms with Crippen molar-refractivity contribution in [3.05, 3.63) is 22.3 Å². The zero-order valence-electron chi connectivity index (χ0n) is 9.89. The van der Waals surface area contributed by atoms with Gasteiger partial charge in [0, 0.05) is 5.39 Å². The van der Waals surface area contributed by atoms with Gasteiger partial charge in [-0.25, -0.2) is 9.50 Å². The van der Waals surface area contributed by atoms with Crippen molar-refractivity contribution in [2.75, 3.05) is 5.73 Å². The summed E-state index contributed by atoms with van der Waals surface area (Å²) in [6.07, 6.45) is 0. The summed E-state index contributed by atoms with van der Waals surface area (Å²) in [6.45, 7) is 3.75. The number of carbonyl (C=O) groups excluding carboxylic acids is 1. The van der Waals surface area contributed by atoms with E-state index in [1.165, 1.54) is 11.3 Å². The summed E-state index contributed by atoms with van der Waals surface area (Å²) in [4.78, 5) is 16.8. The highest BCUT2D eigenvalue weighted by Gasteiger charge is 2.18. The number of nitrogen functional groups attached to an aromatic ring is 1. The van der Waals surface area contributed by atoms with Gasteiger partial charge in [-0.15, -0.1) is 11.3 Å². The van der Waals surface area contributed by atoms with Gasteiger partial charge in [0.15, 0.2) is 5.65 Å². The van der Waals surface area contributed by atoms with E-state index in [0.29, 0.717) is 16.4 Å². The number of primary amides is 1. The van der Waals surface area contributed by atoms with Crippen molar-refractivity contribution in [1.82, 2.24) is 14.6 Å². The standard InChI is InChI=1S/C11H11N5OS/c1-4-3-6-14-5(2)15-16(6)11-7(4)8(12)9(18-11)10(13)17/h3H,12H2,1-2H3,(H2,13,17). The number of hydrogen-bond donors (Lipinski definition) is 2. The monoisotopic (exact) mass is 261 g/mol. The minimum absolute atomic E-state index is 0.369. The van der Waals surface area contributed by atoms with Crippen molar-refractivity contribution in [3.8, 4) is 0 Å². The van der Waals surface area contributed by atoms with Crippen LogP contribution in [0.3, 0.4) is 0 Å². The maximum Gasteiger partial charge on any atom is 0.260 e. The molecule has 92 valence electrons. The van der Waals surface area contributed by atoms with Crippen LogP contribution in [0.1, 0.15) is 21.1 Å². The number of rotatable bonds is 1. The molecule has 4 N–H and O–H groups in total. The van der Waals surface area contributed by atoms with Crippen LogP contribution in [-0.2, 0) is 0 Å². The summed E-state index contributed by atoms with van der Waals surface area (Å²) in [5.41, 5.74) is 13.4. The van der Waals surface area contributed by atoms with Crippen LogP contribution in [0.5, 0.6) is 0 Å². The van der Waals surface area contributed by atoms with Gasteiger partial charge in [0.2, 0.25) is 0 Å². The van der Waals surface area contributed by atoms with E-state index in [1.807, 2.05) is 19.9 Å². The maximum atomic E-state index is 11.4. The Kier molecular flexibility index (Phi) is 2.09. The Bertz CT molecular complexity index is 801. The molecule has 0 bridgehead atoms. The molecule has 0 aliphatic carbocycles. The van der Waals surface area contributed by atoms with Gasteiger partial charge in [-0.05, 0) is 25.5 Å². The molecule has 0 unspecified atom stereocenters. The smallest absolute Gasteiger partial charge is 0.260 e. The largest absolute Gasteiger partial charge is 0.397 e. The molecule has 1 amide bonds. The number of carbonyl (C=O) groups is 1. The number of thiophene rings is 1. The van der Waals surface area contributed by atoms with E-state index in [9.17, 15) is 4.79 Å². The molecule has 3 aromatic rings. The van der Waals surface area contributed by atoms with Crippen LogP contribution in [0.25, 0.3) is 15.9 Å². The summed E-state index contributed by atoms with van der Waals surface area (Å²) >= 11 is 1.25. The predicted molar refractivity (Wildman–Crippen MR) is 70.8 cm³/mol. The number of aromatic nitrogens is 3. The molecule has 0 saturated heterocycles. The Balaban J connectivity index is 2.56. The molecule has 18 heavy (non-hydrogen) atoms. The molecular weight excluding hydrogens is 250 g/mol. The molecule has 0 aliphatic heterocycles. The van der Waals surface area contributed by atoms with E-state index in [4.69, 9.17) is 11.5 Å². The van der Waals surface area contributed by atoms with E-state index in [1.54, 1.807) is 4.52 Å². The van der Waals surface area contributed by atoms with E-state index in [2.05, 4.69) is 10.1 Å². The van der Waals surface area contributed by atoms with Crippen molar-refractivity contribution < 1.29 is 4.79 Å².